The third-order valence-electron chi connectivity index (χ3n) is 10.3. The molecule has 4 fully saturated rings. The summed E-state index contributed by atoms with van der Waals surface area (Å²) in [6.45, 7) is 7.54. The van der Waals surface area contributed by atoms with Crippen LogP contribution in [0.2, 0.25) is 0 Å². The molecule has 0 aromatic carbocycles. The highest BCUT2D eigenvalue weighted by Crippen LogP contribution is 2.68. The second-order valence-corrected chi connectivity index (χ2v) is 11.6. The summed E-state index contributed by atoms with van der Waals surface area (Å²) in [6.07, 6.45) is 13.0. The molecule has 0 amide bonds. The van der Waals surface area contributed by atoms with Crippen LogP contribution in [0.5, 0.6) is 0 Å². The Morgan fingerprint density at radius 3 is 2.54 bits per heavy atom. The van der Waals surface area contributed by atoms with Gasteiger partial charge in [-0.2, -0.15) is 0 Å². The third-order valence-corrected chi connectivity index (χ3v) is 10.6. The molecule has 0 heterocycles. The Morgan fingerprint density at radius 2 is 1.79 bits per heavy atom. The summed E-state index contributed by atoms with van der Waals surface area (Å²) < 4.78 is 4.79. The van der Waals surface area contributed by atoms with Crippen molar-refractivity contribution in [2.45, 2.75) is 97.5 Å². The smallest absolute Gasteiger partial charge is 0.307 e. The molecule has 4 unspecified atom stereocenters. The number of rotatable bonds is 4. The number of hydrogen-bond donors (Lipinski definition) is 1. The van der Waals surface area contributed by atoms with Crippen molar-refractivity contribution in [3.05, 3.63) is 0 Å². The zero-order chi connectivity index (χ0) is 20.1. The molecule has 4 saturated carbocycles. The minimum Gasteiger partial charge on any atom is -0.452 e. The van der Waals surface area contributed by atoms with Gasteiger partial charge in [0.1, 0.15) is 0 Å². The van der Waals surface area contributed by atoms with Crippen LogP contribution in [0.4, 0.5) is 0 Å². The Balaban J connectivity index is 1.48. The van der Waals surface area contributed by atoms with Gasteiger partial charge in [-0.15, -0.1) is 0 Å². The van der Waals surface area contributed by atoms with E-state index in [2.05, 4.69) is 30.2 Å². The van der Waals surface area contributed by atoms with E-state index in [0.29, 0.717) is 23.2 Å². The molecule has 1 N–H and O–H groups in total. The van der Waals surface area contributed by atoms with E-state index < -0.39 is 0 Å². The molecule has 4 aliphatic carbocycles. The molecule has 4 heteroatoms. The number of aliphatic hydroxyl groups excluding tert-OH is 1. The summed E-state index contributed by atoms with van der Waals surface area (Å²) in [7, 11) is 2.09. The van der Waals surface area contributed by atoms with Crippen LogP contribution in [-0.4, -0.2) is 17.2 Å². The van der Waals surface area contributed by atoms with Crippen molar-refractivity contribution in [2.24, 2.45) is 46.3 Å². The van der Waals surface area contributed by atoms with Gasteiger partial charge in [-0.25, -0.2) is 0 Å². The lowest BCUT2D eigenvalue weighted by atomic mass is 9.44. The van der Waals surface area contributed by atoms with E-state index in [1.54, 1.807) is 0 Å². The summed E-state index contributed by atoms with van der Waals surface area (Å²) in [5, 5.41) is 10.2. The van der Waals surface area contributed by atoms with Crippen LogP contribution in [0.25, 0.3) is 0 Å². The Bertz CT molecular complexity index is 594. The molecule has 0 aromatic rings. The van der Waals surface area contributed by atoms with Crippen LogP contribution >= 0.6 is 9.47 Å². The largest absolute Gasteiger partial charge is 0.452 e. The zero-order valence-electron chi connectivity index (χ0n) is 18.2. The maximum Gasteiger partial charge on any atom is 0.307 e. The van der Waals surface area contributed by atoms with Gasteiger partial charge in [-0.05, 0) is 111 Å². The minimum absolute atomic E-state index is 0.0478. The van der Waals surface area contributed by atoms with Gasteiger partial charge in [-0.3, -0.25) is 4.79 Å². The molecule has 0 bridgehead atoms. The van der Waals surface area contributed by atoms with Crippen LogP contribution in [-0.2, 0) is 9.32 Å². The molecule has 3 nitrogen and oxygen atoms in total. The monoisotopic (exact) mass is 408 g/mol. The number of carbonyl (C=O) groups excluding carboxylic acids is 1. The molecular weight excluding hydrogens is 367 g/mol. The third kappa shape index (κ3) is 3.37. The fraction of sp³-hybridized carbons (Fsp3) is 0.958. The Hall–Kier alpha value is -0.140. The first-order valence-electron chi connectivity index (χ1n) is 11.9. The second-order valence-electron chi connectivity index (χ2n) is 11.3. The number of aliphatic hydroxyl groups is 1. The zero-order valence-corrected chi connectivity index (χ0v) is 19.3. The van der Waals surface area contributed by atoms with E-state index in [9.17, 15) is 9.90 Å². The molecule has 0 aromatic heterocycles. The SMILES string of the molecule is C[C@H](CCC(=O)OP)[C@H]1CCC2C3CC[C@@H]4C[C@H](O)CC[C@]4(C)C3CC[C@@]21C. The van der Waals surface area contributed by atoms with Crippen LogP contribution in [0.1, 0.15) is 91.4 Å². The Morgan fingerprint density at radius 1 is 1.07 bits per heavy atom. The molecule has 10 atom stereocenters. The highest BCUT2D eigenvalue weighted by atomic mass is 31.0. The molecule has 4 aliphatic rings. The van der Waals surface area contributed by atoms with Gasteiger partial charge in [0.15, 0.2) is 0 Å². The van der Waals surface area contributed by atoms with E-state index in [4.69, 9.17) is 4.52 Å². The van der Waals surface area contributed by atoms with Gasteiger partial charge in [0, 0.05) is 6.42 Å². The van der Waals surface area contributed by atoms with Gasteiger partial charge >= 0.3 is 5.97 Å². The molecule has 4 rings (SSSR count). The highest BCUT2D eigenvalue weighted by molar-refractivity contribution is 7.10. The molecule has 160 valence electrons. The molecule has 0 radical (unpaired) electrons. The molecule has 28 heavy (non-hydrogen) atoms. The number of fused-ring (bicyclic) bond motifs is 5. The van der Waals surface area contributed by atoms with Crippen molar-refractivity contribution >= 4 is 15.4 Å². The molecule has 0 saturated heterocycles. The van der Waals surface area contributed by atoms with Crippen molar-refractivity contribution < 1.29 is 14.4 Å². The van der Waals surface area contributed by atoms with Gasteiger partial charge in [0.05, 0.1) is 15.6 Å². The first-order chi connectivity index (χ1) is 13.3. The predicted octanol–water partition coefficient (Wildman–Crippen LogP) is 5.76. The van der Waals surface area contributed by atoms with Crippen LogP contribution in [0, 0.1) is 46.3 Å². The first-order valence-corrected chi connectivity index (χ1v) is 12.3. The maximum absolute atomic E-state index is 11.6. The van der Waals surface area contributed by atoms with E-state index in [-0.39, 0.29) is 12.1 Å². The highest BCUT2D eigenvalue weighted by Gasteiger charge is 2.60. The number of carbonyl (C=O) groups is 1. The topological polar surface area (TPSA) is 46.5 Å². The van der Waals surface area contributed by atoms with E-state index >= 15 is 0 Å². The van der Waals surface area contributed by atoms with Gasteiger partial charge in [0.25, 0.3) is 0 Å². The van der Waals surface area contributed by atoms with Gasteiger partial charge < -0.3 is 9.63 Å². The molecule has 0 aliphatic heterocycles. The standard InChI is InChI=1S/C24H41O3P/c1-15(4-9-22(26)27-28)19-7-8-20-18-6-5-16-14-17(25)10-12-23(16,2)21(18)11-13-24(19,20)3/h15-21,25H,4-14,28H2,1-3H3/t15-,16-,17-,18?,19-,20?,21?,23+,24-/m1/s1. The average Bonchev–Trinajstić information content (AvgIpc) is 3.03. The number of hydrogen-bond acceptors (Lipinski definition) is 3. The summed E-state index contributed by atoms with van der Waals surface area (Å²) in [4.78, 5) is 11.6. The van der Waals surface area contributed by atoms with E-state index in [1.807, 2.05) is 0 Å². The van der Waals surface area contributed by atoms with Crippen molar-refractivity contribution in [1.82, 2.24) is 0 Å². The average molecular weight is 409 g/mol. The van der Waals surface area contributed by atoms with E-state index in [0.717, 1.165) is 48.9 Å². The van der Waals surface area contributed by atoms with Crippen molar-refractivity contribution in [1.29, 1.82) is 0 Å². The first kappa shape index (κ1) is 21.1. The van der Waals surface area contributed by atoms with Crippen LogP contribution < -0.4 is 0 Å². The lowest BCUT2D eigenvalue weighted by Gasteiger charge is -2.61. The normalized spacial score (nSPS) is 48.9. The van der Waals surface area contributed by atoms with Crippen molar-refractivity contribution in [2.75, 3.05) is 0 Å². The summed E-state index contributed by atoms with van der Waals surface area (Å²) in [5.41, 5.74) is 0.929. The lowest BCUT2D eigenvalue weighted by Crippen LogP contribution is -2.54. The quantitative estimate of drug-likeness (QED) is 0.602. The van der Waals surface area contributed by atoms with Gasteiger partial charge in [0.2, 0.25) is 0 Å². The predicted molar refractivity (Wildman–Crippen MR) is 115 cm³/mol. The van der Waals surface area contributed by atoms with E-state index in [1.165, 1.54) is 44.9 Å². The minimum atomic E-state index is -0.0917. The summed E-state index contributed by atoms with van der Waals surface area (Å²) in [6, 6.07) is 0. The molecule has 0 spiro atoms. The van der Waals surface area contributed by atoms with Gasteiger partial charge in [-0.1, -0.05) is 20.8 Å². The fourth-order valence-corrected chi connectivity index (χ4v) is 8.93. The van der Waals surface area contributed by atoms with Crippen LogP contribution in [0.15, 0.2) is 0 Å². The Kier molecular flexibility index (Phi) is 5.91. The van der Waals surface area contributed by atoms with Crippen molar-refractivity contribution in [3.63, 3.8) is 0 Å². The fourth-order valence-electron chi connectivity index (χ4n) is 8.82. The second kappa shape index (κ2) is 7.84. The van der Waals surface area contributed by atoms with Crippen molar-refractivity contribution in [3.8, 4) is 0 Å². The molecular formula is C24H41O3P. The lowest BCUT2D eigenvalue weighted by molar-refractivity contribution is -0.134. The summed E-state index contributed by atoms with van der Waals surface area (Å²) in [5.74, 6) is 4.66. The Labute approximate surface area is 174 Å². The maximum atomic E-state index is 11.6. The summed E-state index contributed by atoms with van der Waals surface area (Å²) >= 11 is 0. The van der Waals surface area contributed by atoms with Crippen LogP contribution in [0.3, 0.4) is 0 Å².